The van der Waals surface area contributed by atoms with Gasteiger partial charge >= 0.3 is 0 Å². The first-order chi connectivity index (χ1) is 10.3. The normalized spacial score (nSPS) is 24.0. The molecule has 2 aromatic rings. The van der Waals surface area contributed by atoms with Crippen molar-refractivity contribution >= 4 is 0 Å². The molecule has 2 heterocycles. The van der Waals surface area contributed by atoms with Crippen LogP contribution in [0.2, 0.25) is 0 Å². The maximum atomic E-state index is 13.5. The molecule has 2 fully saturated rings. The summed E-state index contributed by atoms with van der Waals surface area (Å²) in [5, 5.41) is 4.09. The zero-order valence-corrected chi connectivity index (χ0v) is 11.7. The highest BCUT2D eigenvalue weighted by atomic mass is 19.1. The van der Waals surface area contributed by atoms with Crippen molar-refractivity contribution in [1.82, 2.24) is 10.1 Å². The number of hydrogen-bond donors (Lipinski definition) is 0. The third-order valence-electron chi connectivity index (χ3n) is 4.65. The van der Waals surface area contributed by atoms with Crippen molar-refractivity contribution in [2.24, 2.45) is 0 Å². The molecule has 1 atom stereocenters. The lowest BCUT2D eigenvalue weighted by Gasteiger charge is -2.38. The average molecular weight is 288 g/mol. The van der Waals surface area contributed by atoms with Crippen molar-refractivity contribution in [3.05, 3.63) is 47.4 Å². The predicted octanol–water partition coefficient (Wildman–Crippen LogP) is 3.53. The first-order valence-electron chi connectivity index (χ1n) is 7.50. The molecule has 110 valence electrons. The Labute approximate surface area is 122 Å². The molecule has 0 unspecified atom stereocenters. The van der Waals surface area contributed by atoms with E-state index in [1.54, 1.807) is 12.1 Å². The highest BCUT2D eigenvalue weighted by molar-refractivity contribution is 5.35. The largest absolute Gasteiger partial charge is 0.370 e. The maximum Gasteiger partial charge on any atom is 0.237 e. The molecule has 21 heavy (non-hydrogen) atoms. The summed E-state index contributed by atoms with van der Waals surface area (Å²) in [7, 11) is 0. The second-order valence-corrected chi connectivity index (χ2v) is 5.91. The van der Waals surface area contributed by atoms with Crippen LogP contribution in [-0.2, 0) is 10.2 Å². The molecule has 0 radical (unpaired) electrons. The number of rotatable bonds is 3. The van der Waals surface area contributed by atoms with Gasteiger partial charge in [0.2, 0.25) is 11.7 Å². The van der Waals surface area contributed by atoms with Crippen LogP contribution < -0.4 is 0 Å². The van der Waals surface area contributed by atoms with Gasteiger partial charge in [0.1, 0.15) is 11.9 Å². The standard InChI is InChI=1S/C16H17FN2O2/c17-12-5-1-4-11(10-12)16(7-3-8-16)15-18-14(19-21-15)13-6-2-9-20-13/h1,4-5,10,13H,2-3,6-9H2/t13-/m1/s1. The molecule has 1 aromatic carbocycles. The average Bonchev–Trinajstić information content (AvgIpc) is 3.08. The number of nitrogens with zero attached hydrogens (tertiary/aromatic N) is 2. The Kier molecular flexibility index (Phi) is 3.03. The van der Waals surface area contributed by atoms with Gasteiger partial charge in [0.15, 0.2) is 0 Å². The molecule has 1 aromatic heterocycles. The van der Waals surface area contributed by atoms with E-state index in [2.05, 4.69) is 10.1 Å². The fraction of sp³-hybridized carbons (Fsp3) is 0.500. The van der Waals surface area contributed by atoms with Gasteiger partial charge in [-0.25, -0.2) is 4.39 Å². The van der Waals surface area contributed by atoms with Gasteiger partial charge in [-0.2, -0.15) is 4.98 Å². The lowest BCUT2D eigenvalue weighted by molar-refractivity contribution is 0.103. The third-order valence-corrected chi connectivity index (χ3v) is 4.65. The van der Waals surface area contributed by atoms with E-state index in [1.807, 2.05) is 6.07 Å². The lowest BCUT2D eigenvalue weighted by atomic mass is 9.64. The van der Waals surface area contributed by atoms with E-state index in [4.69, 9.17) is 9.26 Å². The van der Waals surface area contributed by atoms with Crippen molar-refractivity contribution in [3.8, 4) is 0 Å². The maximum absolute atomic E-state index is 13.5. The molecule has 0 amide bonds. The third kappa shape index (κ3) is 2.07. The smallest absolute Gasteiger partial charge is 0.237 e. The van der Waals surface area contributed by atoms with Crippen LogP contribution in [0.1, 0.15) is 55.5 Å². The number of halogens is 1. The van der Waals surface area contributed by atoms with Gasteiger partial charge in [-0.1, -0.05) is 23.7 Å². The Hall–Kier alpha value is -1.75. The quantitative estimate of drug-likeness (QED) is 0.867. The monoisotopic (exact) mass is 288 g/mol. The Morgan fingerprint density at radius 2 is 2.14 bits per heavy atom. The Morgan fingerprint density at radius 3 is 2.81 bits per heavy atom. The lowest BCUT2D eigenvalue weighted by Crippen LogP contribution is -2.36. The van der Waals surface area contributed by atoms with Crippen molar-refractivity contribution in [3.63, 3.8) is 0 Å². The van der Waals surface area contributed by atoms with Crippen LogP contribution in [0.15, 0.2) is 28.8 Å². The van der Waals surface area contributed by atoms with Crippen LogP contribution in [0.25, 0.3) is 0 Å². The summed E-state index contributed by atoms with van der Waals surface area (Å²) in [6.07, 6.45) is 4.85. The summed E-state index contributed by atoms with van der Waals surface area (Å²) in [4.78, 5) is 4.57. The Balaban J connectivity index is 1.69. The summed E-state index contributed by atoms with van der Waals surface area (Å²) in [6.45, 7) is 0.754. The first-order valence-corrected chi connectivity index (χ1v) is 7.50. The summed E-state index contributed by atoms with van der Waals surface area (Å²) in [5.41, 5.74) is 0.614. The van der Waals surface area contributed by atoms with Crippen molar-refractivity contribution in [1.29, 1.82) is 0 Å². The summed E-state index contributed by atoms with van der Waals surface area (Å²) in [5.74, 6) is 1.01. The molecule has 4 rings (SSSR count). The molecule has 1 aliphatic carbocycles. The number of hydrogen-bond acceptors (Lipinski definition) is 4. The van der Waals surface area contributed by atoms with Crippen molar-refractivity contribution in [2.75, 3.05) is 6.61 Å². The van der Waals surface area contributed by atoms with Gasteiger partial charge in [0, 0.05) is 6.61 Å². The minimum Gasteiger partial charge on any atom is -0.370 e. The molecular formula is C16H17FN2O2. The van der Waals surface area contributed by atoms with Gasteiger partial charge in [-0.3, -0.25) is 0 Å². The highest BCUT2D eigenvalue weighted by Gasteiger charge is 2.46. The van der Waals surface area contributed by atoms with E-state index in [0.29, 0.717) is 11.7 Å². The van der Waals surface area contributed by atoms with E-state index < -0.39 is 0 Å². The van der Waals surface area contributed by atoms with Gasteiger partial charge in [0.05, 0.1) is 5.41 Å². The molecule has 2 aliphatic rings. The molecule has 4 nitrogen and oxygen atoms in total. The van der Waals surface area contributed by atoms with Crippen LogP contribution in [-0.4, -0.2) is 16.7 Å². The van der Waals surface area contributed by atoms with Crippen LogP contribution in [0, 0.1) is 5.82 Å². The second kappa shape index (κ2) is 4.91. The fourth-order valence-corrected chi connectivity index (χ4v) is 3.28. The van der Waals surface area contributed by atoms with Crippen molar-refractivity contribution in [2.45, 2.75) is 43.6 Å². The number of benzene rings is 1. The molecule has 1 saturated heterocycles. The summed E-state index contributed by atoms with van der Waals surface area (Å²) < 4.78 is 24.6. The van der Waals surface area contributed by atoms with Crippen LogP contribution in [0.4, 0.5) is 4.39 Å². The van der Waals surface area contributed by atoms with E-state index in [1.165, 1.54) is 6.07 Å². The topological polar surface area (TPSA) is 48.2 Å². The SMILES string of the molecule is Fc1cccc(C2(c3nc([C@H]4CCCO4)no3)CCC2)c1. The van der Waals surface area contributed by atoms with Crippen LogP contribution in [0.5, 0.6) is 0 Å². The first kappa shape index (κ1) is 13.0. The minimum absolute atomic E-state index is 0.0489. The van der Waals surface area contributed by atoms with E-state index in [0.717, 1.165) is 44.3 Å². The highest BCUT2D eigenvalue weighted by Crippen LogP contribution is 2.48. The van der Waals surface area contributed by atoms with Gasteiger partial charge in [0.25, 0.3) is 0 Å². The second-order valence-electron chi connectivity index (χ2n) is 5.91. The number of ether oxygens (including phenoxy) is 1. The zero-order chi connectivity index (χ0) is 14.3. The van der Waals surface area contributed by atoms with E-state index in [9.17, 15) is 4.39 Å². The predicted molar refractivity (Wildman–Crippen MR) is 73.3 cm³/mol. The molecule has 0 bridgehead atoms. The summed E-state index contributed by atoms with van der Waals surface area (Å²) >= 11 is 0. The number of aromatic nitrogens is 2. The van der Waals surface area contributed by atoms with E-state index in [-0.39, 0.29) is 17.3 Å². The van der Waals surface area contributed by atoms with Gasteiger partial charge in [-0.15, -0.1) is 0 Å². The Bertz CT molecular complexity index is 645. The molecule has 1 aliphatic heterocycles. The van der Waals surface area contributed by atoms with Crippen LogP contribution in [0.3, 0.4) is 0 Å². The van der Waals surface area contributed by atoms with Crippen LogP contribution >= 0.6 is 0 Å². The molecule has 1 saturated carbocycles. The fourth-order valence-electron chi connectivity index (χ4n) is 3.28. The Morgan fingerprint density at radius 1 is 1.24 bits per heavy atom. The molecular weight excluding hydrogens is 271 g/mol. The van der Waals surface area contributed by atoms with E-state index >= 15 is 0 Å². The molecule has 0 N–H and O–H groups in total. The minimum atomic E-state index is -0.314. The van der Waals surface area contributed by atoms with Crippen molar-refractivity contribution < 1.29 is 13.7 Å². The summed E-state index contributed by atoms with van der Waals surface area (Å²) in [6, 6.07) is 6.72. The molecule has 5 heteroatoms. The van der Waals surface area contributed by atoms with Gasteiger partial charge < -0.3 is 9.26 Å². The zero-order valence-electron chi connectivity index (χ0n) is 11.7. The molecule has 0 spiro atoms. The van der Waals surface area contributed by atoms with Gasteiger partial charge in [-0.05, 0) is 43.4 Å².